The summed E-state index contributed by atoms with van der Waals surface area (Å²) in [6.07, 6.45) is 0.539. The van der Waals surface area contributed by atoms with E-state index >= 15 is 0 Å². The molecule has 0 heterocycles. The van der Waals surface area contributed by atoms with Crippen molar-refractivity contribution in [2.24, 2.45) is 5.92 Å². The Hall–Kier alpha value is -2.11. The Morgan fingerprint density at radius 2 is 2.10 bits per heavy atom. The van der Waals surface area contributed by atoms with Crippen LogP contribution in [0.15, 0.2) is 18.2 Å². The summed E-state index contributed by atoms with van der Waals surface area (Å²) in [7, 11) is 1.31. The van der Waals surface area contributed by atoms with E-state index in [0.717, 1.165) is 5.56 Å². The van der Waals surface area contributed by atoms with Crippen LogP contribution in [0.2, 0.25) is 0 Å². The van der Waals surface area contributed by atoms with Crippen LogP contribution in [0, 0.1) is 23.0 Å². The minimum atomic E-state index is -0.597. The first-order valence-corrected chi connectivity index (χ1v) is 6.44. The number of carbonyl (C=O) groups is 1. The van der Waals surface area contributed by atoms with Crippen molar-refractivity contribution >= 4 is 17.3 Å². The van der Waals surface area contributed by atoms with Gasteiger partial charge >= 0.3 is 5.97 Å². The van der Waals surface area contributed by atoms with Gasteiger partial charge in [-0.05, 0) is 30.9 Å². The molecule has 0 saturated carbocycles. The number of hydrogen-bond donors (Lipinski definition) is 1. The van der Waals surface area contributed by atoms with Gasteiger partial charge in [-0.25, -0.2) is 4.79 Å². The summed E-state index contributed by atoms with van der Waals surface area (Å²) in [6, 6.07) is 4.16. The average molecular weight is 280 g/mol. The first-order valence-electron chi connectivity index (χ1n) is 6.44. The summed E-state index contributed by atoms with van der Waals surface area (Å²) in [6.45, 7) is 5.79. The number of methoxy groups -OCH3 is 1. The third kappa shape index (κ3) is 4.22. The highest BCUT2D eigenvalue weighted by Crippen LogP contribution is 2.27. The zero-order valence-electron chi connectivity index (χ0n) is 12.2. The maximum absolute atomic E-state index is 11.8. The van der Waals surface area contributed by atoms with Gasteiger partial charge < -0.3 is 10.1 Å². The molecule has 1 N–H and O–H groups in total. The highest BCUT2D eigenvalue weighted by molar-refractivity contribution is 5.80. The molecule has 0 amide bonds. The zero-order chi connectivity index (χ0) is 15.3. The lowest BCUT2D eigenvalue weighted by Crippen LogP contribution is -2.32. The minimum absolute atomic E-state index is 0.0479. The lowest BCUT2D eigenvalue weighted by Gasteiger charge is -2.19. The van der Waals surface area contributed by atoms with Crippen molar-refractivity contribution in [3.63, 3.8) is 0 Å². The second kappa shape index (κ2) is 6.88. The van der Waals surface area contributed by atoms with Gasteiger partial charge in [-0.2, -0.15) is 0 Å². The lowest BCUT2D eigenvalue weighted by atomic mass is 10.0. The first kappa shape index (κ1) is 15.9. The van der Waals surface area contributed by atoms with Gasteiger partial charge in [0.15, 0.2) is 0 Å². The Kier molecular flexibility index (Phi) is 5.49. The smallest absolute Gasteiger partial charge is 0.328 e. The summed E-state index contributed by atoms with van der Waals surface area (Å²) in [4.78, 5) is 22.3. The molecule has 1 aromatic carbocycles. The fourth-order valence-electron chi connectivity index (χ4n) is 1.94. The Bertz CT molecular complexity index is 500. The van der Waals surface area contributed by atoms with Gasteiger partial charge in [0.05, 0.1) is 12.0 Å². The largest absolute Gasteiger partial charge is 0.467 e. The number of rotatable bonds is 6. The Balaban J connectivity index is 3.06. The topological polar surface area (TPSA) is 81.5 Å². The summed E-state index contributed by atoms with van der Waals surface area (Å²) in [5, 5.41) is 14.0. The van der Waals surface area contributed by atoms with Gasteiger partial charge in [-0.15, -0.1) is 0 Å². The van der Waals surface area contributed by atoms with Crippen LogP contribution >= 0.6 is 0 Å². The molecule has 1 aromatic rings. The van der Waals surface area contributed by atoms with E-state index in [1.54, 1.807) is 12.1 Å². The molecule has 0 spiro atoms. The number of anilines is 1. The second-order valence-electron chi connectivity index (χ2n) is 5.13. The second-order valence-corrected chi connectivity index (χ2v) is 5.13. The molecule has 6 nitrogen and oxygen atoms in total. The van der Waals surface area contributed by atoms with Crippen molar-refractivity contribution in [3.8, 4) is 0 Å². The number of benzene rings is 1. The number of nitrogens with zero attached hydrogens (tertiary/aromatic N) is 1. The summed E-state index contributed by atoms with van der Waals surface area (Å²) in [5.74, 6) is -0.162. The van der Waals surface area contributed by atoms with Crippen molar-refractivity contribution in [1.29, 1.82) is 0 Å². The summed E-state index contributed by atoms with van der Waals surface area (Å²) >= 11 is 0. The number of ether oxygens (including phenoxy) is 1. The van der Waals surface area contributed by atoms with Gasteiger partial charge in [0, 0.05) is 6.07 Å². The third-order valence-corrected chi connectivity index (χ3v) is 2.87. The molecule has 0 aliphatic heterocycles. The van der Waals surface area contributed by atoms with Crippen LogP contribution in [0.3, 0.4) is 0 Å². The van der Waals surface area contributed by atoms with Crippen molar-refractivity contribution in [1.82, 2.24) is 0 Å². The van der Waals surface area contributed by atoms with E-state index in [4.69, 9.17) is 4.74 Å². The number of hydrogen-bond acceptors (Lipinski definition) is 5. The normalized spacial score (nSPS) is 12.1. The van der Waals surface area contributed by atoms with Crippen molar-refractivity contribution in [2.75, 3.05) is 12.4 Å². The van der Waals surface area contributed by atoms with Crippen LogP contribution in [-0.4, -0.2) is 24.0 Å². The number of nitrogens with one attached hydrogen (secondary N) is 1. The Labute approximate surface area is 118 Å². The molecule has 0 bridgehead atoms. The number of nitro benzene ring substituents is 1. The minimum Gasteiger partial charge on any atom is -0.467 e. The fourth-order valence-corrected chi connectivity index (χ4v) is 1.94. The summed E-state index contributed by atoms with van der Waals surface area (Å²) in [5.41, 5.74) is 1.17. The fraction of sp³-hybridized carbons (Fsp3) is 0.500. The maximum Gasteiger partial charge on any atom is 0.328 e. The van der Waals surface area contributed by atoms with Gasteiger partial charge in [-0.3, -0.25) is 10.1 Å². The maximum atomic E-state index is 11.8. The van der Waals surface area contributed by atoms with Crippen molar-refractivity contribution < 1.29 is 14.5 Å². The van der Waals surface area contributed by atoms with Gasteiger partial charge in [0.1, 0.15) is 11.7 Å². The Morgan fingerprint density at radius 3 is 2.60 bits per heavy atom. The van der Waals surface area contributed by atoms with Crippen LogP contribution in [0.1, 0.15) is 25.8 Å². The molecule has 1 unspecified atom stereocenters. The SMILES string of the molecule is COC(=O)C(CC(C)C)Nc1cc(C)ccc1[N+](=O)[O-]. The van der Waals surface area contributed by atoms with E-state index in [9.17, 15) is 14.9 Å². The van der Waals surface area contributed by atoms with E-state index < -0.39 is 16.9 Å². The van der Waals surface area contributed by atoms with Gasteiger partial charge in [0.25, 0.3) is 5.69 Å². The number of nitro groups is 1. The highest BCUT2D eigenvalue weighted by atomic mass is 16.6. The highest BCUT2D eigenvalue weighted by Gasteiger charge is 2.24. The molecule has 0 saturated heterocycles. The van der Waals surface area contributed by atoms with Crippen LogP contribution < -0.4 is 5.32 Å². The molecule has 110 valence electrons. The monoisotopic (exact) mass is 280 g/mol. The zero-order valence-corrected chi connectivity index (χ0v) is 12.2. The van der Waals surface area contributed by atoms with E-state index in [-0.39, 0.29) is 11.6 Å². The molecule has 0 fully saturated rings. The molecular weight excluding hydrogens is 260 g/mol. The van der Waals surface area contributed by atoms with E-state index in [1.165, 1.54) is 13.2 Å². The van der Waals surface area contributed by atoms with Crippen LogP contribution in [0.4, 0.5) is 11.4 Å². The van der Waals surface area contributed by atoms with Crippen molar-refractivity contribution in [2.45, 2.75) is 33.2 Å². The quantitative estimate of drug-likeness (QED) is 0.492. The molecule has 1 atom stereocenters. The lowest BCUT2D eigenvalue weighted by molar-refractivity contribution is -0.384. The molecule has 6 heteroatoms. The van der Waals surface area contributed by atoms with Crippen LogP contribution in [-0.2, 0) is 9.53 Å². The van der Waals surface area contributed by atoms with Crippen molar-refractivity contribution in [3.05, 3.63) is 33.9 Å². The first-order chi connectivity index (χ1) is 9.35. The van der Waals surface area contributed by atoms with E-state index in [1.807, 2.05) is 20.8 Å². The predicted molar refractivity (Wildman–Crippen MR) is 76.7 cm³/mol. The molecule has 0 radical (unpaired) electrons. The molecule has 0 aliphatic carbocycles. The number of aryl methyl sites for hydroxylation is 1. The van der Waals surface area contributed by atoms with E-state index in [0.29, 0.717) is 12.1 Å². The Morgan fingerprint density at radius 1 is 1.45 bits per heavy atom. The standard InChI is InChI=1S/C14H20N2O4/c1-9(2)7-12(14(17)20-4)15-11-8-10(3)5-6-13(11)16(18)19/h5-6,8-9,12,15H,7H2,1-4H3. The molecular formula is C14H20N2O4. The molecule has 0 aliphatic rings. The number of carbonyl (C=O) groups excluding carboxylic acids is 1. The number of esters is 1. The third-order valence-electron chi connectivity index (χ3n) is 2.87. The average Bonchev–Trinajstić information content (AvgIpc) is 2.36. The molecule has 1 rings (SSSR count). The summed E-state index contributed by atoms with van der Waals surface area (Å²) < 4.78 is 4.74. The molecule has 0 aromatic heterocycles. The van der Waals surface area contributed by atoms with Crippen LogP contribution in [0.5, 0.6) is 0 Å². The molecule has 20 heavy (non-hydrogen) atoms. The predicted octanol–water partition coefficient (Wildman–Crippen LogP) is 2.90. The van der Waals surface area contributed by atoms with Gasteiger partial charge in [0.2, 0.25) is 0 Å². The van der Waals surface area contributed by atoms with Crippen LogP contribution in [0.25, 0.3) is 0 Å². The van der Waals surface area contributed by atoms with Gasteiger partial charge in [-0.1, -0.05) is 19.9 Å². The van der Waals surface area contributed by atoms with E-state index in [2.05, 4.69) is 5.32 Å².